The van der Waals surface area contributed by atoms with Crippen LogP contribution in [0.3, 0.4) is 0 Å². The highest BCUT2D eigenvalue weighted by Crippen LogP contribution is 2.23. The van der Waals surface area contributed by atoms with E-state index < -0.39 is 0 Å². The summed E-state index contributed by atoms with van der Waals surface area (Å²) in [5, 5.41) is 0. The lowest BCUT2D eigenvalue weighted by Gasteiger charge is -2.16. The van der Waals surface area contributed by atoms with Crippen molar-refractivity contribution in [3.8, 4) is 5.75 Å². The summed E-state index contributed by atoms with van der Waals surface area (Å²) in [6.07, 6.45) is 4.10. The number of amides is 1. The number of hydrogen-bond acceptors (Lipinski definition) is 3. The zero-order chi connectivity index (χ0) is 14.6. The molecule has 0 unspecified atom stereocenters. The van der Waals surface area contributed by atoms with Crippen molar-refractivity contribution >= 4 is 12.0 Å². The highest BCUT2D eigenvalue weighted by Gasteiger charge is 2.34. The third-order valence-electron chi connectivity index (χ3n) is 3.36. The number of rotatable bonds is 5. The minimum Gasteiger partial charge on any atom is -0.494 e. The van der Waals surface area contributed by atoms with E-state index in [0.29, 0.717) is 0 Å². The molecule has 0 aliphatic carbocycles. The lowest BCUT2D eigenvalue weighted by Crippen LogP contribution is -2.38. The van der Waals surface area contributed by atoms with Crippen molar-refractivity contribution in [2.75, 3.05) is 6.61 Å². The Hall–Kier alpha value is -1.81. The van der Waals surface area contributed by atoms with Gasteiger partial charge in [0.2, 0.25) is 0 Å². The van der Waals surface area contributed by atoms with E-state index in [0.717, 1.165) is 36.3 Å². The van der Waals surface area contributed by atoms with Gasteiger partial charge in [-0.2, -0.15) is 0 Å². The molecule has 0 spiro atoms. The second-order valence-corrected chi connectivity index (χ2v) is 5.53. The molecular weight excluding hydrogens is 252 g/mol. The maximum absolute atomic E-state index is 11.8. The SMILES string of the molecule is CCCCOc1ccc(/C=C2\C(=O)NNC2(C)C)cc1. The summed E-state index contributed by atoms with van der Waals surface area (Å²) in [6.45, 7) is 6.83. The largest absolute Gasteiger partial charge is 0.494 e. The van der Waals surface area contributed by atoms with Crippen LogP contribution in [0, 0.1) is 0 Å². The van der Waals surface area contributed by atoms with E-state index >= 15 is 0 Å². The van der Waals surface area contributed by atoms with Gasteiger partial charge in [0.15, 0.2) is 0 Å². The Balaban J connectivity index is 2.08. The third kappa shape index (κ3) is 3.39. The minimum atomic E-state index is -0.354. The lowest BCUT2D eigenvalue weighted by molar-refractivity contribution is -0.116. The minimum absolute atomic E-state index is 0.0710. The highest BCUT2D eigenvalue weighted by molar-refractivity contribution is 6.01. The predicted octanol–water partition coefficient (Wildman–Crippen LogP) is 2.66. The predicted molar refractivity (Wildman–Crippen MR) is 80.2 cm³/mol. The Labute approximate surface area is 120 Å². The number of carbonyl (C=O) groups is 1. The molecule has 1 aromatic carbocycles. The van der Waals surface area contributed by atoms with Crippen LogP contribution in [0.2, 0.25) is 0 Å². The fraction of sp³-hybridized carbons (Fsp3) is 0.438. The molecule has 108 valence electrons. The van der Waals surface area contributed by atoms with Crippen LogP contribution in [-0.2, 0) is 4.79 Å². The molecule has 1 aliphatic heterocycles. The van der Waals surface area contributed by atoms with Gasteiger partial charge in [-0.1, -0.05) is 25.5 Å². The van der Waals surface area contributed by atoms with Crippen LogP contribution in [0.1, 0.15) is 39.2 Å². The van der Waals surface area contributed by atoms with Crippen molar-refractivity contribution in [3.05, 3.63) is 35.4 Å². The number of carbonyl (C=O) groups excluding carboxylic acids is 1. The van der Waals surface area contributed by atoms with E-state index in [-0.39, 0.29) is 11.4 Å². The van der Waals surface area contributed by atoms with Gasteiger partial charge in [0.05, 0.1) is 12.1 Å². The zero-order valence-electron chi connectivity index (χ0n) is 12.3. The fourth-order valence-electron chi connectivity index (χ4n) is 2.04. The molecule has 2 N–H and O–H groups in total. The highest BCUT2D eigenvalue weighted by atomic mass is 16.5. The van der Waals surface area contributed by atoms with Crippen LogP contribution >= 0.6 is 0 Å². The molecule has 1 aromatic rings. The van der Waals surface area contributed by atoms with E-state index in [1.54, 1.807) is 0 Å². The van der Waals surface area contributed by atoms with Gasteiger partial charge >= 0.3 is 0 Å². The van der Waals surface area contributed by atoms with Crippen molar-refractivity contribution in [2.45, 2.75) is 39.2 Å². The first kappa shape index (κ1) is 14.6. The second-order valence-electron chi connectivity index (χ2n) is 5.53. The number of hydrazine groups is 1. The topological polar surface area (TPSA) is 50.4 Å². The molecule has 0 saturated carbocycles. The van der Waals surface area contributed by atoms with E-state index in [1.165, 1.54) is 0 Å². The first-order valence-electron chi connectivity index (χ1n) is 7.05. The number of hydrogen-bond donors (Lipinski definition) is 2. The standard InChI is InChI=1S/C16H22N2O2/c1-4-5-10-20-13-8-6-12(7-9-13)11-14-15(19)17-18-16(14,2)3/h6-9,11,18H,4-5,10H2,1-3H3,(H,17,19)/b14-11+. The summed E-state index contributed by atoms with van der Waals surface area (Å²) in [6, 6.07) is 7.82. The van der Waals surface area contributed by atoms with Crippen molar-refractivity contribution < 1.29 is 9.53 Å². The van der Waals surface area contributed by atoms with Crippen LogP contribution in [0.5, 0.6) is 5.75 Å². The molecular formula is C16H22N2O2. The molecule has 0 atom stereocenters. The van der Waals surface area contributed by atoms with E-state index in [9.17, 15) is 4.79 Å². The van der Waals surface area contributed by atoms with Crippen molar-refractivity contribution in [3.63, 3.8) is 0 Å². The van der Waals surface area contributed by atoms with Crippen LogP contribution < -0.4 is 15.6 Å². The van der Waals surface area contributed by atoms with Gasteiger partial charge in [-0.25, -0.2) is 5.43 Å². The van der Waals surface area contributed by atoms with E-state index in [2.05, 4.69) is 17.8 Å². The average Bonchev–Trinajstić information content (AvgIpc) is 2.68. The lowest BCUT2D eigenvalue weighted by atomic mass is 9.94. The van der Waals surface area contributed by atoms with Gasteiger partial charge in [-0.15, -0.1) is 0 Å². The molecule has 1 saturated heterocycles. The van der Waals surface area contributed by atoms with Gasteiger partial charge in [0.25, 0.3) is 5.91 Å². The van der Waals surface area contributed by atoms with Gasteiger partial charge < -0.3 is 4.74 Å². The van der Waals surface area contributed by atoms with E-state index in [1.807, 2.05) is 44.2 Å². The van der Waals surface area contributed by atoms with Crippen LogP contribution in [-0.4, -0.2) is 18.1 Å². The fourth-order valence-corrected chi connectivity index (χ4v) is 2.04. The first-order valence-corrected chi connectivity index (χ1v) is 7.05. The Bertz CT molecular complexity index is 504. The molecule has 1 fully saturated rings. The third-order valence-corrected chi connectivity index (χ3v) is 3.36. The van der Waals surface area contributed by atoms with Crippen LogP contribution in [0.25, 0.3) is 6.08 Å². The second kappa shape index (κ2) is 6.09. The van der Waals surface area contributed by atoms with Crippen LogP contribution in [0.15, 0.2) is 29.8 Å². The quantitative estimate of drug-likeness (QED) is 0.641. The molecule has 0 radical (unpaired) electrons. The summed E-state index contributed by atoms with van der Waals surface area (Å²) in [5.74, 6) is 0.798. The summed E-state index contributed by atoms with van der Waals surface area (Å²) in [5.41, 5.74) is 6.99. The molecule has 1 heterocycles. The van der Waals surface area contributed by atoms with Gasteiger partial charge in [0.1, 0.15) is 5.75 Å². The number of ether oxygens (including phenoxy) is 1. The monoisotopic (exact) mass is 274 g/mol. The Morgan fingerprint density at radius 1 is 1.25 bits per heavy atom. The maximum Gasteiger partial charge on any atom is 0.263 e. The zero-order valence-corrected chi connectivity index (χ0v) is 12.3. The summed E-state index contributed by atoms with van der Waals surface area (Å²) >= 11 is 0. The van der Waals surface area contributed by atoms with Gasteiger partial charge in [-0.05, 0) is 44.0 Å². The molecule has 4 heteroatoms. The number of unbranched alkanes of at least 4 members (excludes halogenated alkanes) is 1. The van der Waals surface area contributed by atoms with Gasteiger partial charge in [0, 0.05) is 5.57 Å². The average molecular weight is 274 g/mol. The Kier molecular flexibility index (Phi) is 4.45. The molecule has 4 nitrogen and oxygen atoms in total. The molecule has 1 aliphatic rings. The van der Waals surface area contributed by atoms with Crippen molar-refractivity contribution in [1.82, 2.24) is 10.9 Å². The molecule has 1 amide bonds. The molecule has 2 rings (SSSR count). The molecule has 0 bridgehead atoms. The Morgan fingerprint density at radius 3 is 2.50 bits per heavy atom. The maximum atomic E-state index is 11.8. The summed E-state index contributed by atoms with van der Waals surface area (Å²) < 4.78 is 5.62. The van der Waals surface area contributed by atoms with Crippen molar-refractivity contribution in [2.24, 2.45) is 0 Å². The smallest absolute Gasteiger partial charge is 0.263 e. The summed E-state index contributed by atoms with van der Waals surface area (Å²) in [4.78, 5) is 11.8. The van der Waals surface area contributed by atoms with E-state index in [4.69, 9.17) is 4.74 Å². The van der Waals surface area contributed by atoms with Crippen molar-refractivity contribution in [1.29, 1.82) is 0 Å². The normalized spacial score (nSPS) is 19.1. The van der Waals surface area contributed by atoms with Crippen LogP contribution in [0.4, 0.5) is 0 Å². The van der Waals surface area contributed by atoms with Gasteiger partial charge in [-0.3, -0.25) is 10.2 Å². The number of nitrogens with one attached hydrogen (secondary N) is 2. The molecule has 0 aromatic heterocycles. The first-order chi connectivity index (χ1) is 9.53. The molecule has 20 heavy (non-hydrogen) atoms. The number of benzene rings is 1. The summed E-state index contributed by atoms with van der Waals surface area (Å²) in [7, 11) is 0. The Morgan fingerprint density at radius 2 is 1.95 bits per heavy atom.